The second kappa shape index (κ2) is 6.49. The molecule has 2 aromatic carbocycles. The summed E-state index contributed by atoms with van der Waals surface area (Å²) in [6.45, 7) is 2.57. The van der Waals surface area contributed by atoms with Crippen LogP contribution in [0.1, 0.15) is 16.8 Å². The summed E-state index contributed by atoms with van der Waals surface area (Å²) in [5, 5.41) is 36.4. The van der Waals surface area contributed by atoms with Gasteiger partial charge in [0.1, 0.15) is 18.1 Å². The number of phenols is 3. The minimum Gasteiger partial charge on any atom is -0.504 e. The number of aromatic nitrogens is 3. The number of aromatic hydroxyl groups is 3. The molecule has 0 saturated heterocycles. The van der Waals surface area contributed by atoms with Gasteiger partial charge in [-0.05, 0) is 42.3 Å². The highest BCUT2D eigenvalue weighted by molar-refractivity contribution is 5.51. The molecule has 24 heavy (non-hydrogen) atoms. The molecule has 7 heteroatoms. The second-order valence-corrected chi connectivity index (χ2v) is 5.50. The van der Waals surface area contributed by atoms with E-state index < -0.39 is 5.75 Å². The zero-order valence-corrected chi connectivity index (χ0v) is 13.0. The standard InChI is InChI=1S/C17H17N3O4/c1-11-3-2-4-14(5-11)24-10-13-9-20(19-18-13)8-12-6-15(21)17(23)16(22)7-12/h2-7,9,21-23H,8,10H2,1H3. The van der Waals surface area contributed by atoms with Gasteiger partial charge in [0.25, 0.3) is 0 Å². The van der Waals surface area contributed by atoms with Gasteiger partial charge in [0.05, 0.1) is 12.7 Å². The van der Waals surface area contributed by atoms with Gasteiger partial charge in [0.15, 0.2) is 17.2 Å². The van der Waals surface area contributed by atoms with Crippen LogP contribution in [0.2, 0.25) is 0 Å². The fourth-order valence-corrected chi connectivity index (χ4v) is 2.28. The first-order chi connectivity index (χ1) is 11.5. The summed E-state index contributed by atoms with van der Waals surface area (Å²) in [6, 6.07) is 10.4. The average molecular weight is 327 g/mol. The number of ether oxygens (including phenoxy) is 1. The molecule has 0 radical (unpaired) electrons. The van der Waals surface area contributed by atoms with Gasteiger partial charge in [0.2, 0.25) is 0 Å². The molecule has 0 saturated carbocycles. The predicted molar refractivity (Wildman–Crippen MR) is 86.1 cm³/mol. The van der Waals surface area contributed by atoms with Crippen LogP contribution >= 0.6 is 0 Å². The molecule has 3 N–H and O–H groups in total. The van der Waals surface area contributed by atoms with E-state index in [2.05, 4.69) is 10.3 Å². The van der Waals surface area contributed by atoms with Gasteiger partial charge in [-0.3, -0.25) is 0 Å². The highest BCUT2D eigenvalue weighted by Gasteiger charge is 2.09. The van der Waals surface area contributed by atoms with E-state index in [1.165, 1.54) is 12.1 Å². The zero-order chi connectivity index (χ0) is 17.1. The van der Waals surface area contributed by atoms with Crippen LogP contribution in [-0.2, 0) is 13.2 Å². The fraction of sp³-hybridized carbons (Fsp3) is 0.176. The van der Waals surface area contributed by atoms with E-state index in [-0.39, 0.29) is 18.1 Å². The summed E-state index contributed by atoms with van der Waals surface area (Å²) in [7, 11) is 0. The summed E-state index contributed by atoms with van der Waals surface area (Å²) in [5.41, 5.74) is 2.35. The first kappa shape index (κ1) is 15.7. The minimum absolute atomic E-state index is 0.287. The van der Waals surface area contributed by atoms with Gasteiger partial charge in [0, 0.05) is 0 Å². The lowest BCUT2D eigenvalue weighted by Gasteiger charge is -2.05. The smallest absolute Gasteiger partial charge is 0.200 e. The Balaban J connectivity index is 1.65. The van der Waals surface area contributed by atoms with E-state index in [9.17, 15) is 15.3 Å². The molecule has 0 atom stereocenters. The molecule has 124 valence electrons. The van der Waals surface area contributed by atoms with E-state index in [0.717, 1.165) is 11.3 Å². The fourth-order valence-electron chi connectivity index (χ4n) is 2.28. The van der Waals surface area contributed by atoms with Crippen molar-refractivity contribution in [3.05, 3.63) is 59.4 Å². The van der Waals surface area contributed by atoms with Crippen LogP contribution in [0.4, 0.5) is 0 Å². The third-order valence-electron chi connectivity index (χ3n) is 3.44. The molecule has 0 spiro atoms. The van der Waals surface area contributed by atoms with Crippen molar-refractivity contribution in [2.75, 3.05) is 0 Å². The van der Waals surface area contributed by atoms with Gasteiger partial charge in [-0.1, -0.05) is 17.3 Å². The maximum absolute atomic E-state index is 9.52. The van der Waals surface area contributed by atoms with Crippen LogP contribution in [0.5, 0.6) is 23.0 Å². The lowest BCUT2D eigenvalue weighted by Crippen LogP contribution is -2.00. The molecule has 0 aliphatic heterocycles. The van der Waals surface area contributed by atoms with Crippen LogP contribution in [0.25, 0.3) is 0 Å². The van der Waals surface area contributed by atoms with E-state index in [0.29, 0.717) is 17.8 Å². The Morgan fingerprint density at radius 3 is 2.54 bits per heavy atom. The van der Waals surface area contributed by atoms with Gasteiger partial charge < -0.3 is 20.1 Å². The molecule has 0 aliphatic rings. The Morgan fingerprint density at radius 2 is 1.83 bits per heavy atom. The first-order valence-corrected chi connectivity index (χ1v) is 7.33. The van der Waals surface area contributed by atoms with E-state index in [1.807, 2.05) is 31.2 Å². The van der Waals surface area contributed by atoms with Crippen molar-refractivity contribution in [2.45, 2.75) is 20.1 Å². The Morgan fingerprint density at radius 1 is 1.08 bits per heavy atom. The van der Waals surface area contributed by atoms with E-state index >= 15 is 0 Å². The molecule has 3 aromatic rings. The van der Waals surface area contributed by atoms with Crippen molar-refractivity contribution in [1.29, 1.82) is 0 Å². The number of aryl methyl sites for hydroxylation is 1. The summed E-state index contributed by atoms with van der Waals surface area (Å²) in [6.07, 6.45) is 1.72. The molecule has 0 amide bonds. The maximum Gasteiger partial charge on any atom is 0.200 e. The van der Waals surface area contributed by atoms with Gasteiger partial charge >= 0.3 is 0 Å². The van der Waals surface area contributed by atoms with Crippen LogP contribution in [0.15, 0.2) is 42.6 Å². The Labute approximate surface area is 138 Å². The molecular weight excluding hydrogens is 310 g/mol. The first-order valence-electron chi connectivity index (χ1n) is 7.33. The summed E-state index contributed by atoms with van der Waals surface area (Å²) in [4.78, 5) is 0. The Hall–Kier alpha value is -3.22. The average Bonchev–Trinajstić information content (AvgIpc) is 2.98. The van der Waals surface area contributed by atoms with Gasteiger partial charge in [-0.15, -0.1) is 5.10 Å². The van der Waals surface area contributed by atoms with Crippen molar-refractivity contribution in [3.8, 4) is 23.0 Å². The third-order valence-corrected chi connectivity index (χ3v) is 3.44. The maximum atomic E-state index is 9.52. The largest absolute Gasteiger partial charge is 0.504 e. The SMILES string of the molecule is Cc1cccc(OCc2cn(Cc3cc(O)c(O)c(O)c3)nn2)c1. The van der Waals surface area contributed by atoms with Crippen molar-refractivity contribution in [3.63, 3.8) is 0 Å². The zero-order valence-electron chi connectivity index (χ0n) is 13.0. The molecule has 0 unspecified atom stereocenters. The lowest BCUT2D eigenvalue weighted by molar-refractivity contribution is 0.301. The molecule has 3 rings (SSSR count). The molecular formula is C17H17N3O4. The van der Waals surface area contributed by atoms with Crippen molar-refractivity contribution in [1.82, 2.24) is 15.0 Å². The Bertz CT molecular complexity index is 838. The molecule has 0 fully saturated rings. The second-order valence-electron chi connectivity index (χ2n) is 5.50. The van der Waals surface area contributed by atoms with Crippen molar-refractivity contribution >= 4 is 0 Å². The summed E-state index contributed by atoms with van der Waals surface area (Å²) < 4.78 is 7.22. The lowest BCUT2D eigenvalue weighted by atomic mass is 10.2. The van der Waals surface area contributed by atoms with E-state index in [1.54, 1.807) is 10.9 Å². The number of hydrogen-bond donors (Lipinski definition) is 3. The number of nitrogens with zero attached hydrogens (tertiary/aromatic N) is 3. The van der Waals surface area contributed by atoms with Crippen LogP contribution in [-0.4, -0.2) is 30.3 Å². The van der Waals surface area contributed by atoms with Crippen LogP contribution in [0.3, 0.4) is 0 Å². The molecule has 1 heterocycles. The van der Waals surface area contributed by atoms with Gasteiger partial charge in [-0.2, -0.15) is 0 Å². The number of hydrogen-bond acceptors (Lipinski definition) is 6. The molecule has 1 aromatic heterocycles. The van der Waals surface area contributed by atoms with Crippen LogP contribution < -0.4 is 4.74 Å². The highest BCUT2D eigenvalue weighted by Crippen LogP contribution is 2.35. The predicted octanol–water partition coefficient (Wildman–Crippen LogP) is 2.33. The van der Waals surface area contributed by atoms with Crippen molar-refractivity contribution < 1.29 is 20.1 Å². The normalized spacial score (nSPS) is 10.7. The molecule has 7 nitrogen and oxygen atoms in total. The van der Waals surface area contributed by atoms with Gasteiger partial charge in [-0.25, -0.2) is 4.68 Å². The quantitative estimate of drug-likeness (QED) is 0.622. The Kier molecular flexibility index (Phi) is 4.24. The highest BCUT2D eigenvalue weighted by atomic mass is 16.5. The molecule has 0 bridgehead atoms. The summed E-state index contributed by atoms with van der Waals surface area (Å²) >= 11 is 0. The monoisotopic (exact) mass is 327 g/mol. The minimum atomic E-state index is -0.537. The van der Waals surface area contributed by atoms with Crippen LogP contribution in [0, 0.1) is 6.92 Å². The summed E-state index contributed by atoms with van der Waals surface area (Å²) in [5.74, 6) is -0.538. The topological polar surface area (TPSA) is 101 Å². The number of benzene rings is 2. The van der Waals surface area contributed by atoms with Crippen molar-refractivity contribution in [2.24, 2.45) is 0 Å². The van der Waals surface area contributed by atoms with E-state index in [4.69, 9.17) is 4.74 Å². The number of rotatable bonds is 5. The number of phenolic OH excluding ortho intramolecular Hbond substituents is 3. The molecule has 0 aliphatic carbocycles. The third kappa shape index (κ3) is 3.57.